The van der Waals surface area contributed by atoms with Crippen molar-refractivity contribution >= 4 is 0 Å². The van der Waals surface area contributed by atoms with E-state index in [1.54, 1.807) is 0 Å². The fourth-order valence-corrected chi connectivity index (χ4v) is 2.27. The van der Waals surface area contributed by atoms with Gasteiger partial charge in [-0.1, -0.05) is 37.3 Å². The maximum atomic E-state index is 6.26. The summed E-state index contributed by atoms with van der Waals surface area (Å²) in [5, 5.41) is 8.38. The van der Waals surface area contributed by atoms with Crippen LogP contribution in [-0.2, 0) is 13.0 Å². The van der Waals surface area contributed by atoms with Crippen LogP contribution in [0.25, 0.3) is 0 Å². The topological polar surface area (TPSA) is 56.7 Å². The van der Waals surface area contributed by atoms with E-state index in [-0.39, 0.29) is 6.04 Å². The van der Waals surface area contributed by atoms with Gasteiger partial charge >= 0.3 is 0 Å². The van der Waals surface area contributed by atoms with Crippen molar-refractivity contribution in [2.75, 3.05) is 0 Å². The van der Waals surface area contributed by atoms with Gasteiger partial charge in [0.05, 0.1) is 6.04 Å². The summed E-state index contributed by atoms with van der Waals surface area (Å²) in [4.78, 5) is 0. The van der Waals surface area contributed by atoms with Gasteiger partial charge in [-0.05, 0) is 31.7 Å². The first-order valence-corrected chi connectivity index (χ1v) is 6.91. The fraction of sp³-hybridized carbons (Fsp3) is 0.467. The third-order valence-corrected chi connectivity index (χ3v) is 3.33. The fourth-order valence-electron chi connectivity index (χ4n) is 2.27. The third-order valence-electron chi connectivity index (χ3n) is 3.33. The molecule has 4 heteroatoms. The maximum Gasteiger partial charge on any atom is 0.149 e. The van der Waals surface area contributed by atoms with E-state index in [4.69, 9.17) is 5.73 Å². The highest BCUT2D eigenvalue weighted by Gasteiger charge is 2.15. The molecule has 0 radical (unpaired) electrons. The zero-order chi connectivity index (χ0) is 13.7. The van der Waals surface area contributed by atoms with Gasteiger partial charge in [0.15, 0.2) is 0 Å². The van der Waals surface area contributed by atoms with Gasteiger partial charge in [0, 0.05) is 6.54 Å². The molecule has 0 spiro atoms. The molecule has 1 heterocycles. The lowest BCUT2D eigenvalue weighted by molar-refractivity contribution is 0.543. The molecule has 0 fully saturated rings. The zero-order valence-electron chi connectivity index (χ0n) is 11.7. The average molecular weight is 258 g/mol. The Hall–Kier alpha value is -1.68. The van der Waals surface area contributed by atoms with E-state index in [0.717, 1.165) is 37.5 Å². The van der Waals surface area contributed by atoms with E-state index in [1.165, 1.54) is 5.56 Å². The molecule has 1 aromatic carbocycles. The van der Waals surface area contributed by atoms with Crippen molar-refractivity contribution in [2.45, 2.75) is 45.7 Å². The quantitative estimate of drug-likeness (QED) is 0.866. The molecule has 0 bridgehead atoms. The molecule has 4 nitrogen and oxygen atoms in total. The van der Waals surface area contributed by atoms with Crippen molar-refractivity contribution in [1.29, 1.82) is 0 Å². The normalized spacial score (nSPS) is 12.6. The van der Waals surface area contributed by atoms with E-state index in [0.29, 0.717) is 0 Å². The Balaban J connectivity index is 2.02. The van der Waals surface area contributed by atoms with Gasteiger partial charge in [0.25, 0.3) is 0 Å². The smallest absolute Gasteiger partial charge is 0.149 e. The summed E-state index contributed by atoms with van der Waals surface area (Å²) in [5.74, 6) is 1.86. The van der Waals surface area contributed by atoms with Crippen LogP contribution in [0.2, 0.25) is 0 Å². The van der Waals surface area contributed by atoms with Crippen LogP contribution >= 0.6 is 0 Å². The molecular formula is C15H22N4. The Bertz CT molecular complexity index is 504. The molecule has 1 atom stereocenters. The molecule has 0 amide bonds. The van der Waals surface area contributed by atoms with E-state index < -0.39 is 0 Å². The van der Waals surface area contributed by atoms with Gasteiger partial charge in [-0.2, -0.15) is 0 Å². The molecule has 102 valence electrons. The van der Waals surface area contributed by atoms with Crippen LogP contribution < -0.4 is 5.73 Å². The van der Waals surface area contributed by atoms with E-state index in [9.17, 15) is 0 Å². The highest BCUT2D eigenvalue weighted by Crippen LogP contribution is 2.16. The second-order valence-corrected chi connectivity index (χ2v) is 4.89. The Morgan fingerprint density at radius 3 is 2.63 bits per heavy atom. The Labute approximate surface area is 114 Å². The van der Waals surface area contributed by atoms with Crippen molar-refractivity contribution in [2.24, 2.45) is 5.73 Å². The van der Waals surface area contributed by atoms with E-state index >= 15 is 0 Å². The van der Waals surface area contributed by atoms with Crippen LogP contribution in [0.15, 0.2) is 30.3 Å². The second kappa shape index (κ2) is 6.48. The molecule has 0 aliphatic rings. The van der Waals surface area contributed by atoms with Crippen LogP contribution in [0.1, 0.15) is 43.0 Å². The number of aromatic nitrogens is 3. The van der Waals surface area contributed by atoms with Crippen LogP contribution in [0.4, 0.5) is 0 Å². The molecule has 0 saturated carbocycles. The summed E-state index contributed by atoms with van der Waals surface area (Å²) in [5.41, 5.74) is 7.58. The van der Waals surface area contributed by atoms with Crippen molar-refractivity contribution in [3.8, 4) is 0 Å². The van der Waals surface area contributed by atoms with Crippen molar-refractivity contribution in [3.63, 3.8) is 0 Å². The highest BCUT2D eigenvalue weighted by atomic mass is 15.3. The number of nitrogens with two attached hydrogens (primary N) is 1. The Kier molecular flexibility index (Phi) is 4.68. The lowest BCUT2D eigenvalue weighted by atomic mass is 10.1. The second-order valence-electron chi connectivity index (χ2n) is 4.89. The first-order valence-electron chi connectivity index (χ1n) is 6.91. The number of nitrogens with zero attached hydrogens (tertiary/aromatic N) is 3. The predicted molar refractivity (Wildman–Crippen MR) is 76.7 cm³/mol. The summed E-state index contributed by atoms with van der Waals surface area (Å²) in [7, 11) is 0. The molecule has 19 heavy (non-hydrogen) atoms. The Morgan fingerprint density at radius 2 is 1.95 bits per heavy atom. The molecule has 0 aliphatic heterocycles. The number of aryl methyl sites for hydroxylation is 2. The molecule has 2 N–H and O–H groups in total. The van der Waals surface area contributed by atoms with Gasteiger partial charge in [-0.25, -0.2) is 0 Å². The summed E-state index contributed by atoms with van der Waals surface area (Å²) >= 11 is 0. The minimum atomic E-state index is -0.0482. The lowest BCUT2D eigenvalue weighted by Gasteiger charge is -2.13. The van der Waals surface area contributed by atoms with Gasteiger partial charge < -0.3 is 10.3 Å². The first kappa shape index (κ1) is 13.7. The van der Waals surface area contributed by atoms with Crippen LogP contribution in [0.5, 0.6) is 0 Å². The predicted octanol–water partition coefficient (Wildman–Crippen LogP) is 2.63. The molecular weight excluding hydrogens is 236 g/mol. The van der Waals surface area contributed by atoms with E-state index in [1.807, 2.05) is 13.0 Å². The molecule has 0 unspecified atom stereocenters. The molecule has 1 aromatic heterocycles. The number of hydrogen-bond acceptors (Lipinski definition) is 3. The number of hydrogen-bond donors (Lipinski definition) is 1. The summed E-state index contributed by atoms with van der Waals surface area (Å²) in [6.45, 7) is 5.07. The van der Waals surface area contributed by atoms with Gasteiger partial charge in [0.2, 0.25) is 0 Å². The number of benzene rings is 1. The van der Waals surface area contributed by atoms with Crippen LogP contribution in [0, 0.1) is 6.92 Å². The average Bonchev–Trinajstić information content (AvgIpc) is 2.80. The van der Waals surface area contributed by atoms with Crippen LogP contribution in [-0.4, -0.2) is 14.8 Å². The standard InChI is InChI=1S/C15H22N4/c1-3-11-19-12(2)17-18-15(19)14(16)10-9-13-7-5-4-6-8-13/h4-8,14H,3,9-11,16H2,1-2H3/t14-/m0/s1. The molecule has 2 rings (SSSR count). The zero-order valence-corrected chi connectivity index (χ0v) is 11.7. The third kappa shape index (κ3) is 3.41. The minimum absolute atomic E-state index is 0.0482. The van der Waals surface area contributed by atoms with E-state index in [2.05, 4.69) is 46.0 Å². The SMILES string of the molecule is CCCn1c(C)nnc1[C@@H](N)CCc1ccccc1. The van der Waals surface area contributed by atoms with Crippen molar-refractivity contribution in [3.05, 3.63) is 47.5 Å². The summed E-state index contributed by atoms with van der Waals surface area (Å²) < 4.78 is 2.13. The molecule has 2 aromatic rings. The van der Waals surface area contributed by atoms with Gasteiger partial charge in [-0.15, -0.1) is 10.2 Å². The Morgan fingerprint density at radius 1 is 1.21 bits per heavy atom. The van der Waals surface area contributed by atoms with Crippen LogP contribution in [0.3, 0.4) is 0 Å². The minimum Gasteiger partial charge on any atom is -0.321 e. The molecule has 0 saturated heterocycles. The number of rotatable bonds is 6. The van der Waals surface area contributed by atoms with Gasteiger partial charge in [-0.3, -0.25) is 0 Å². The largest absolute Gasteiger partial charge is 0.321 e. The van der Waals surface area contributed by atoms with Crippen molar-refractivity contribution < 1.29 is 0 Å². The summed E-state index contributed by atoms with van der Waals surface area (Å²) in [6, 6.07) is 10.4. The van der Waals surface area contributed by atoms with Gasteiger partial charge in [0.1, 0.15) is 11.6 Å². The first-order chi connectivity index (χ1) is 9.22. The van der Waals surface area contributed by atoms with Crippen molar-refractivity contribution in [1.82, 2.24) is 14.8 Å². The monoisotopic (exact) mass is 258 g/mol. The highest BCUT2D eigenvalue weighted by molar-refractivity contribution is 5.15. The lowest BCUT2D eigenvalue weighted by Crippen LogP contribution is -2.18. The molecule has 0 aliphatic carbocycles. The summed E-state index contributed by atoms with van der Waals surface area (Å²) in [6.07, 6.45) is 2.93. The maximum absolute atomic E-state index is 6.26.